The SMILES string of the molecule is COCCC1CCCCN1C(=O)CO. The molecule has 82 valence electrons. The Balaban J connectivity index is 2.45. The van der Waals surface area contributed by atoms with Crippen molar-refractivity contribution in [3.8, 4) is 0 Å². The van der Waals surface area contributed by atoms with E-state index in [1.54, 1.807) is 12.0 Å². The zero-order valence-corrected chi connectivity index (χ0v) is 8.74. The summed E-state index contributed by atoms with van der Waals surface area (Å²) in [5, 5.41) is 8.81. The highest BCUT2D eigenvalue weighted by molar-refractivity contribution is 5.77. The molecule has 1 rings (SSSR count). The number of likely N-dealkylation sites (tertiary alicyclic amines) is 1. The number of aliphatic hydroxyl groups is 1. The van der Waals surface area contributed by atoms with Gasteiger partial charge in [-0.05, 0) is 25.7 Å². The van der Waals surface area contributed by atoms with Crippen molar-refractivity contribution in [2.24, 2.45) is 0 Å². The van der Waals surface area contributed by atoms with E-state index in [0.717, 1.165) is 25.8 Å². The van der Waals surface area contributed by atoms with Crippen LogP contribution in [0.4, 0.5) is 0 Å². The van der Waals surface area contributed by atoms with Crippen LogP contribution in [0, 0.1) is 0 Å². The molecule has 0 aromatic rings. The van der Waals surface area contributed by atoms with Gasteiger partial charge in [0.2, 0.25) is 5.91 Å². The Morgan fingerprint density at radius 1 is 1.57 bits per heavy atom. The summed E-state index contributed by atoms with van der Waals surface area (Å²) in [6, 6.07) is 0.267. The molecule has 1 aliphatic rings. The van der Waals surface area contributed by atoms with Gasteiger partial charge in [0.15, 0.2) is 0 Å². The first-order chi connectivity index (χ1) is 6.79. The molecule has 14 heavy (non-hydrogen) atoms. The number of aliphatic hydroxyl groups excluding tert-OH is 1. The normalized spacial score (nSPS) is 22.4. The van der Waals surface area contributed by atoms with Crippen molar-refractivity contribution in [1.29, 1.82) is 0 Å². The van der Waals surface area contributed by atoms with Crippen LogP contribution in [0.25, 0.3) is 0 Å². The van der Waals surface area contributed by atoms with Crippen molar-refractivity contribution >= 4 is 5.91 Å². The van der Waals surface area contributed by atoms with Crippen molar-refractivity contribution in [1.82, 2.24) is 4.90 Å². The average molecular weight is 201 g/mol. The molecular weight excluding hydrogens is 182 g/mol. The van der Waals surface area contributed by atoms with E-state index in [-0.39, 0.29) is 18.6 Å². The highest BCUT2D eigenvalue weighted by atomic mass is 16.5. The van der Waals surface area contributed by atoms with Gasteiger partial charge in [0.25, 0.3) is 0 Å². The first-order valence-corrected chi connectivity index (χ1v) is 5.19. The minimum atomic E-state index is -0.372. The molecule has 1 amide bonds. The van der Waals surface area contributed by atoms with Gasteiger partial charge in [-0.25, -0.2) is 0 Å². The summed E-state index contributed by atoms with van der Waals surface area (Å²) >= 11 is 0. The van der Waals surface area contributed by atoms with Gasteiger partial charge in [0.05, 0.1) is 0 Å². The highest BCUT2D eigenvalue weighted by Crippen LogP contribution is 2.19. The summed E-state index contributed by atoms with van der Waals surface area (Å²) in [5.41, 5.74) is 0. The number of ether oxygens (including phenoxy) is 1. The molecule has 1 aliphatic heterocycles. The second-order valence-corrected chi connectivity index (χ2v) is 3.68. The number of carbonyl (C=O) groups excluding carboxylic acids is 1. The molecule has 0 bridgehead atoms. The number of nitrogens with zero attached hydrogens (tertiary/aromatic N) is 1. The summed E-state index contributed by atoms with van der Waals surface area (Å²) in [5.74, 6) is -0.147. The summed E-state index contributed by atoms with van der Waals surface area (Å²) in [7, 11) is 1.67. The fraction of sp³-hybridized carbons (Fsp3) is 0.900. The predicted octanol–water partition coefficient (Wildman–Crippen LogP) is 0.396. The second kappa shape index (κ2) is 5.98. The summed E-state index contributed by atoms with van der Waals surface area (Å²) < 4.78 is 5.01. The lowest BCUT2D eigenvalue weighted by Gasteiger charge is -2.35. The lowest BCUT2D eigenvalue weighted by Crippen LogP contribution is -2.45. The second-order valence-electron chi connectivity index (χ2n) is 3.68. The van der Waals surface area contributed by atoms with E-state index >= 15 is 0 Å². The van der Waals surface area contributed by atoms with Crippen LogP contribution >= 0.6 is 0 Å². The fourth-order valence-corrected chi connectivity index (χ4v) is 1.97. The maximum atomic E-state index is 11.4. The van der Waals surface area contributed by atoms with Gasteiger partial charge in [0, 0.05) is 26.3 Å². The van der Waals surface area contributed by atoms with Crippen LogP contribution in [-0.2, 0) is 9.53 Å². The quantitative estimate of drug-likeness (QED) is 0.716. The maximum absolute atomic E-state index is 11.4. The largest absolute Gasteiger partial charge is 0.387 e. The Bertz CT molecular complexity index is 184. The standard InChI is InChI=1S/C10H19NO3/c1-14-7-5-9-4-2-3-6-11(9)10(13)8-12/h9,12H,2-8H2,1H3. The number of hydrogen-bond acceptors (Lipinski definition) is 3. The van der Waals surface area contributed by atoms with Gasteiger partial charge in [-0.1, -0.05) is 0 Å². The number of methoxy groups -OCH3 is 1. The third kappa shape index (κ3) is 2.96. The van der Waals surface area contributed by atoms with Crippen molar-refractivity contribution in [3.05, 3.63) is 0 Å². The zero-order chi connectivity index (χ0) is 10.4. The van der Waals surface area contributed by atoms with Crippen LogP contribution in [0.1, 0.15) is 25.7 Å². The van der Waals surface area contributed by atoms with Gasteiger partial charge in [-0.3, -0.25) is 4.79 Å². The van der Waals surface area contributed by atoms with Crippen molar-refractivity contribution < 1.29 is 14.6 Å². The van der Waals surface area contributed by atoms with E-state index in [9.17, 15) is 4.79 Å². The number of amides is 1. The smallest absolute Gasteiger partial charge is 0.248 e. The molecule has 4 nitrogen and oxygen atoms in total. The molecule has 0 aromatic carbocycles. The Kier molecular flexibility index (Phi) is 4.90. The number of rotatable bonds is 4. The minimum Gasteiger partial charge on any atom is -0.387 e. The Morgan fingerprint density at radius 3 is 3.00 bits per heavy atom. The molecule has 1 saturated heterocycles. The Morgan fingerprint density at radius 2 is 2.36 bits per heavy atom. The maximum Gasteiger partial charge on any atom is 0.248 e. The molecule has 0 aliphatic carbocycles. The highest BCUT2D eigenvalue weighted by Gasteiger charge is 2.25. The number of hydrogen-bond donors (Lipinski definition) is 1. The van der Waals surface area contributed by atoms with E-state index in [1.165, 1.54) is 6.42 Å². The van der Waals surface area contributed by atoms with Crippen LogP contribution in [-0.4, -0.2) is 48.8 Å². The molecule has 0 saturated carbocycles. The first kappa shape index (κ1) is 11.5. The van der Waals surface area contributed by atoms with Gasteiger partial charge < -0.3 is 14.7 Å². The molecule has 4 heteroatoms. The molecule has 1 heterocycles. The van der Waals surface area contributed by atoms with Gasteiger partial charge in [-0.2, -0.15) is 0 Å². The molecule has 0 aromatic heterocycles. The summed E-state index contributed by atoms with van der Waals surface area (Å²) in [4.78, 5) is 13.2. The van der Waals surface area contributed by atoms with Crippen molar-refractivity contribution in [2.45, 2.75) is 31.7 Å². The molecule has 0 radical (unpaired) electrons. The molecule has 1 atom stereocenters. The summed E-state index contributed by atoms with van der Waals surface area (Å²) in [6.07, 6.45) is 4.14. The van der Waals surface area contributed by atoms with Crippen LogP contribution in [0.2, 0.25) is 0 Å². The van der Waals surface area contributed by atoms with Gasteiger partial charge >= 0.3 is 0 Å². The molecule has 1 fully saturated rings. The lowest BCUT2D eigenvalue weighted by atomic mass is 9.99. The molecule has 1 N–H and O–H groups in total. The van der Waals surface area contributed by atoms with Crippen molar-refractivity contribution in [2.75, 3.05) is 26.9 Å². The van der Waals surface area contributed by atoms with Gasteiger partial charge in [0.1, 0.15) is 6.61 Å². The predicted molar refractivity (Wildman–Crippen MR) is 52.9 cm³/mol. The van der Waals surface area contributed by atoms with E-state index in [1.807, 2.05) is 0 Å². The fourth-order valence-electron chi connectivity index (χ4n) is 1.97. The van der Waals surface area contributed by atoms with Crippen LogP contribution < -0.4 is 0 Å². The minimum absolute atomic E-state index is 0.147. The first-order valence-electron chi connectivity index (χ1n) is 5.19. The molecule has 0 spiro atoms. The van der Waals surface area contributed by atoms with Gasteiger partial charge in [-0.15, -0.1) is 0 Å². The monoisotopic (exact) mass is 201 g/mol. The zero-order valence-electron chi connectivity index (χ0n) is 8.74. The van der Waals surface area contributed by atoms with Crippen LogP contribution in [0.3, 0.4) is 0 Å². The molecule has 1 unspecified atom stereocenters. The third-order valence-corrected chi connectivity index (χ3v) is 2.74. The topological polar surface area (TPSA) is 49.8 Å². The lowest BCUT2D eigenvalue weighted by molar-refractivity contribution is -0.138. The average Bonchev–Trinajstić information content (AvgIpc) is 2.25. The number of piperidine rings is 1. The van der Waals surface area contributed by atoms with Crippen LogP contribution in [0.5, 0.6) is 0 Å². The Hall–Kier alpha value is -0.610. The molecular formula is C10H19NO3. The Labute approximate surface area is 84.8 Å². The van der Waals surface area contributed by atoms with Crippen LogP contribution in [0.15, 0.2) is 0 Å². The van der Waals surface area contributed by atoms with E-state index in [0.29, 0.717) is 6.61 Å². The number of carbonyl (C=O) groups is 1. The van der Waals surface area contributed by atoms with Crippen molar-refractivity contribution in [3.63, 3.8) is 0 Å². The summed E-state index contributed by atoms with van der Waals surface area (Å²) in [6.45, 7) is 1.09. The van der Waals surface area contributed by atoms with E-state index < -0.39 is 0 Å². The third-order valence-electron chi connectivity index (χ3n) is 2.74. The van der Waals surface area contributed by atoms with E-state index in [2.05, 4.69) is 0 Å². The van der Waals surface area contributed by atoms with E-state index in [4.69, 9.17) is 9.84 Å².